The number of hydrogen-bond acceptors (Lipinski definition) is 3. The van der Waals surface area contributed by atoms with Crippen molar-refractivity contribution < 1.29 is 0 Å². The monoisotopic (exact) mass is 868 g/mol. The molecular weight excluding hydrogens is 799 g/mol. The third kappa shape index (κ3) is 15.3. The van der Waals surface area contributed by atoms with Gasteiger partial charge in [0.2, 0.25) is 0 Å². The molecule has 0 aliphatic heterocycles. The second-order valence-corrected chi connectivity index (χ2v) is 14.5. The molecule has 0 aromatic heterocycles. The zero-order valence-corrected chi connectivity index (χ0v) is 40.6. The molecule has 0 saturated heterocycles. The Morgan fingerprint density at radius 2 is 0.288 bits per heavy atom. The SMILES string of the molecule is CC.CC.CC.Cc1ccc(N(c2ccccc2)c2ccccc2)cc1.Cc1ccc(N(c2ccccc2)c2ccccc2)cc1.Cc1ccc(N(c2ccccc2)c2ccccc2)cc1. The Labute approximate surface area is 397 Å². The molecule has 3 nitrogen and oxygen atoms in total. The summed E-state index contributed by atoms with van der Waals surface area (Å²) in [6.45, 7) is 18.3. The molecule has 9 aromatic rings. The molecule has 0 saturated carbocycles. The van der Waals surface area contributed by atoms with Gasteiger partial charge in [-0.25, -0.2) is 0 Å². The minimum absolute atomic E-state index is 1.17. The molecule has 0 heterocycles. The van der Waals surface area contributed by atoms with E-state index < -0.39 is 0 Å². The number of anilines is 9. The third-order valence-corrected chi connectivity index (χ3v) is 9.96. The highest BCUT2D eigenvalue weighted by Gasteiger charge is 2.13. The van der Waals surface area contributed by atoms with Crippen LogP contribution >= 0.6 is 0 Å². The van der Waals surface area contributed by atoms with Crippen LogP contribution in [0.25, 0.3) is 0 Å². The second-order valence-electron chi connectivity index (χ2n) is 14.5. The molecule has 0 atom stereocenters. The van der Waals surface area contributed by atoms with Gasteiger partial charge in [0.25, 0.3) is 0 Å². The summed E-state index contributed by atoms with van der Waals surface area (Å²) in [6, 6.07) is 88.5. The largest absolute Gasteiger partial charge is 0.311 e. The smallest absolute Gasteiger partial charge is 0.0461 e. The molecular formula is C63H69N3. The molecule has 0 amide bonds. The number of para-hydroxylation sites is 6. The Morgan fingerprint density at radius 3 is 0.424 bits per heavy atom. The van der Waals surface area contributed by atoms with E-state index in [4.69, 9.17) is 0 Å². The lowest BCUT2D eigenvalue weighted by molar-refractivity contribution is 1.27. The van der Waals surface area contributed by atoms with E-state index in [2.05, 4.69) is 254 Å². The molecule has 0 N–H and O–H groups in total. The first-order valence-electron chi connectivity index (χ1n) is 23.4. The van der Waals surface area contributed by atoms with Crippen LogP contribution in [-0.2, 0) is 0 Å². The van der Waals surface area contributed by atoms with Gasteiger partial charge in [-0.1, -0.05) is 204 Å². The van der Waals surface area contributed by atoms with Crippen molar-refractivity contribution in [1.82, 2.24) is 0 Å². The molecule has 0 bridgehead atoms. The van der Waals surface area contributed by atoms with Gasteiger partial charge >= 0.3 is 0 Å². The predicted molar refractivity (Wildman–Crippen MR) is 292 cm³/mol. The fourth-order valence-electron chi connectivity index (χ4n) is 6.89. The molecule has 0 aliphatic rings. The van der Waals surface area contributed by atoms with Crippen molar-refractivity contribution in [3.05, 3.63) is 271 Å². The number of aryl methyl sites for hydroxylation is 3. The van der Waals surface area contributed by atoms with Gasteiger partial charge in [0.1, 0.15) is 0 Å². The van der Waals surface area contributed by atoms with Crippen molar-refractivity contribution in [1.29, 1.82) is 0 Å². The van der Waals surface area contributed by atoms with Crippen molar-refractivity contribution in [3.63, 3.8) is 0 Å². The van der Waals surface area contributed by atoms with E-state index in [1.165, 1.54) is 67.9 Å². The van der Waals surface area contributed by atoms with Crippen LogP contribution in [0.4, 0.5) is 51.2 Å². The van der Waals surface area contributed by atoms with Gasteiger partial charge in [-0.05, 0) is 130 Å². The highest BCUT2D eigenvalue weighted by atomic mass is 15.2. The van der Waals surface area contributed by atoms with Crippen LogP contribution in [-0.4, -0.2) is 0 Å². The van der Waals surface area contributed by atoms with Crippen molar-refractivity contribution in [2.24, 2.45) is 0 Å². The van der Waals surface area contributed by atoms with Crippen LogP contribution in [0.3, 0.4) is 0 Å². The summed E-state index contributed by atoms with van der Waals surface area (Å²) in [4.78, 5) is 6.79. The Morgan fingerprint density at radius 1 is 0.167 bits per heavy atom. The van der Waals surface area contributed by atoms with Crippen LogP contribution in [0.2, 0.25) is 0 Å². The highest BCUT2D eigenvalue weighted by molar-refractivity contribution is 5.78. The molecule has 9 aromatic carbocycles. The van der Waals surface area contributed by atoms with Gasteiger partial charge in [-0.2, -0.15) is 0 Å². The van der Waals surface area contributed by atoms with Crippen LogP contribution in [0, 0.1) is 20.8 Å². The number of benzene rings is 9. The fraction of sp³-hybridized carbons (Fsp3) is 0.143. The predicted octanol–water partition coefficient (Wildman–Crippen LogP) is 19.5. The lowest BCUT2D eigenvalue weighted by Crippen LogP contribution is -2.09. The summed E-state index contributed by atoms with van der Waals surface area (Å²) in [5.74, 6) is 0. The zero-order chi connectivity index (χ0) is 47.4. The maximum atomic E-state index is 2.26. The number of nitrogens with zero attached hydrogens (tertiary/aromatic N) is 3. The van der Waals surface area contributed by atoms with Gasteiger partial charge in [-0.3, -0.25) is 0 Å². The molecule has 66 heavy (non-hydrogen) atoms. The molecule has 0 aliphatic carbocycles. The van der Waals surface area contributed by atoms with E-state index in [-0.39, 0.29) is 0 Å². The lowest BCUT2D eigenvalue weighted by Gasteiger charge is -2.25. The number of rotatable bonds is 9. The molecule has 0 spiro atoms. The van der Waals surface area contributed by atoms with E-state index in [1.807, 2.05) is 77.9 Å². The molecule has 336 valence electrons. The molecule has 0 fully saturated rings. The Balaban J connectivity index is 0.000000204. The molecule has 9 rings (SSSR count). The maximum Gasteiger partial charge on any atom is 0.0461 e. The first-order valence-corrected chi connectivity index (χ1v) is 23.4. The normalized spacial score (nSPS) is 9.59. The van der Waals surface area contributed by atoms with Crippen molar-refractivity contribution in [2.75, 3.05) is 14.7 Å². The van der Waals surface area contributed by atoms with E-state index in [0.29, 0.717) is 0 Å². The van der Waals surface area contributed by atoms with Crippen molar-refractivity contribution in [2.45, 2.75) is 62.3 Å². The van der Waals surface area contributed by atoms with Gasteiger partial charge < -0.3 is 14.7 Å². The summed E-state index contributed by atoms with van der Waals surface area (Å²) in [5, 5.41) is 0. The minimum atomic E-state index is 1.17. The Bertz CT molecular complexity index is 2150. The quantitative estimate of drug-likeness (QED) is 0.143. The third-order valence-electron chi connectivity index (χ3n) is 9.96. The summed E-state index contributed by atoms with van der Waals surface area (Å²) < 4.78 is 0. The zero-order valence-electron chi connectivity index (χ0n) is 40.6. The van der Waals surface area contributed by atoms with Gasteiger partial charge in [0, 0.05) is 51.2 Å². The second kappa shape index (κ2) is 28.9. The first kappa shape index (κ1) is 51.0. The Hall–Kier alpha value is -7.62. The topological polar surface area (TPSA) is 9.72 Å². The van der Waals surface area contributed by atoms with E-state index in [0.717, 1.165) is 0 Å². The van der Waals surface area contributed by atoms with Crippen LogP contribution in [0.15, 0.2) is 255 Å². The average Bonchev–Trinajstić information content (AvgIpc) is 3.40. The van der Waals surface area contributed by atoms with E-state index in [1.54, 1.807) is 0 Å². The summed E-state index contributed by atoms with van der Waals surface area (Å²) >= 11 is 0. The summed E-state index contributed by atoms with van der Waals surface area (Å²) in [7, 11) is 0. The van der Waals surface area contributed by atoms with Crippen LogP contribution in [0.1, 0.15) is 58.2 Å². The standard InChI is InChI=1S/3C19H17N.3C2H6/c3*1-16-12-14-19(15-13-16)20(17-8-4-2-5-9-17)18-10-6-3-7-11-18;3*1-2/h3*2-15H,1H3;3*1-2H3. The summed E-state index contributed by atoms with van der Waals surface area (Å²) in [6.07, 6.45) is 0. The van der Waals surface area contributed by atoms with E-state index in [9.17, 15) is 0 Å². The Kier molecular flexibility index (Phi) is 22.4. The van der Waals surface area contributed by atoms with Crippen LogP contribution < -0.4 is 14.7 Å². The molecule has 0 unspecified atom stereocenters. The minimum Gasteiger partial charge on any atom is -0.311 e. The maximum absolute atomic E-state index is 2.26. The lowest BCUT2D eigenvalue weighted by atomic mass is 10.1. The molecule has 3 heteroatoms. The van der Waals surface area contributed by atoms with Crippen LogP contribution in [0.5, 0.6) is 0 Å². The van der Waals surface area contributed by atoms with Gasteiger partial charge in [-0.15, -0.1) is 0 Å². The van der Waals surface area contributed by atoms with Crippen molar-refractivity contribution in [3.8, 4) is 0 Å². The highest BCUT2D eigenvalue weighted by Crippen LogP contribution is 2.36. The van der Waals surface area contributed by atoms with Gasteiger partial charge in [0.05, 0.1) is 0 Å². The van der Waals surface area contributed by atoms with Gasteiger partial charge in [0.15, 0.2) is 0 Å². The molecule has 0 radical (unpaired) electrons. The first-order chi connectivity index (χ1) is 32.5. The fourth-order valence-corrected chi connectivity index (χ4v) is 6.89. The van der Waals surface area contributed by atoms with E-state index >= 15 is 0 Å². The average molecular weight is 868 g/mol. The number of hydrogen-bond donors (Lipinski definition) is 0. The summed E-state index contributed by atoms with van der Waals surface area (Å²) in [5.41, 5.74) is 14.4. The van der Waals surface area contributed by atoms with Crippen molar-refractivity contribution >= 4 is 51.2 Å².